The molecule has 2 aromatic heterocycles. The van der Waals surface area contributed by atoms with Crippen LogP contribution in [0, 0.1) is 6.92 Å². The first kappa shape index (κ1) is 10.4. The fraction of sp³-hybridized carbons (Fsp3) is 0.300. The quantitative estimate of drug-likeness (QED) is 0.776. The summed E-state index contributed by atoms with van der Waals surface area (Å²) in [7, 11) is 0. The minimum absolute atomic E-state index is 0.173. The molecule has 0 aliphatic heterocycles. The van der Waals surface area contributed by atoms with Crippen LogP contribution in [0.3, 0.4) is 0 Å². The summed E-state index contributed by atoms with van der Waals surface area (Å²) in [6.45, 7) is 2.86. The van der Waals surface area contributed by atoms with Crippen molar-refractivity contribution >= 4 is 11.9 Å². The van der Waals surface area contributed by atoms with Crippen molar-refractivity contribution in [3.05, 3.63) is 29.8 Å². The van der Waals surface area contributed by atoms with E-state index in [-0.39, 0.29) is 11.9 Å². The summed E-state index contributed by atoms with van der Waals surface area (Å²) < 4.78 is 2.12. The first-order valence-electron chi connectivity index (χ1n) is 5.03. The van der Waals surface area contributed by atoms with Crippen molar-refractivity contribution in [3.8, 4) is 0 Å². The van der Waals surface area contributed by atoms with Crippen LogP contribution in [-0.2, 0) is 13.0 Å². The van der Waals surface area contributed by atoms with Gasteiger partial charge in [-0.15, -0.1) is 0 Å². The van der Waals surface area contributed by atoms with Crippen LogP contribution in [0.4, 0.5) is 11.9 Å². The van der Waals surface area contributed by atoms with E-state index < -0.39 is 0 Å². The van der Waals surface area contributed by atoms with Crippen molar-refractivity contribution in [2.24, 2.45) is 0 Å². The highest BCUT2D eigenvalue weighted by molar-refractivity contribution is 5.25. The molecule has 0 atom stereocenters. The number of hydrogen-bond acceptors (Lipinski definition) is 5. The lowest BCUT2D eigenvalue weighted by Gasteiger charge is -2.05. The highest BCUT2D eigenvalue weighted by Crippen LogP contribution is 2.04. The van der Waals surface area contributed by atoms with Gasteiger partial charge >= 0.3 is 0 Å². The van der Waals surface area contributed by atoms with Crippen LogP contribution in [0.2, 0.25) is 0 Å². The Hall–Kier alpha value is -2.11. The average molecular weight is 218 g/mol. The van der Waals surface area contributed by atoms with Gasteiger partial charge in [-0.25, -0.2) is 0 Å². The predicted molar refractivity (Wildman–Crippen MR) is 61.5 cm³/mol. The van der Waals surface area contributed by atoms with Crippen LogP contribution in [0.5, 0.6) is 0 Å². The Morgan fingerprint density at radius 2 is 1.88 bits per heavy atom. The van der Waals surface area contributed by atoms with E-state index in [1.807, 2.05) is 12.3 Å². The van der Waals surface area contributed by atoms with Crippen LogP contribution in [0.25, 0.3) is 0 Å². The third-order valence-corrected chi connectivity index (χ3v) is 2.35. The number of nitrogens with zero attached hydrogens (tertiary/aromatic N) is 4. The van der Waals surface area contributed by atoms with Crippen molar-refractivity contribution in [2.75, 3.05) is 11.5 Å². The molecule has 0 saturated heterocycles. The summed E-state index contributed by atoms with van der Waals surface area (Å²) in [4.78, 5) is 11.8. The summed E-state index contributed by atoms with van der Waals surface area (Å²) in [6, 6.07) is 4.06. The number of nitrogen functional groups attached to an aromatic ring is 2. The number of anilines is 2. The summed E-state index contributed by atoms with van der Waals surface area (Å²) in [6.07, 6.45) is 2.70. The lowest BCUT2D eigenvalue weighted by Crippen LogP contribution is -2.09. The molecule has 2 heterocycles. The molecule has 0 aliphatic carbocycles. The maximum atomic E-state index is 5.49. The second-order valence-electron chi connectivity index (χ2n) is 3.56. The molecule has 16 heavy (non-hydrogen) atoms. The fourth-order valence-electron chi connectivity index (χ4n) is 1.54. The van der Waals surface area contributed by atoms with E-state index in [1.54, 1.807) is 0 Å². The summed E-state index contributed by atoms with van der Waals surface area (Å²) >= 11 is 0. The molecule has 2 rings (SSSR count). The largest absolute Gasteiger partial charge is 0.368 e. The Labute approximate surface area is 93.3 Å². The normalized spacial score (nSPS) is 10.6. The van der Waals surface area contributed by atoms with Gasteiger partial charge in [-0.1, -0.05) is 0 Å². The summed E-state index contributed by atoms with van der Waals surface area (Å²) in [5, 5.41) is 0. The van der Waals surface area contributed by atoms with E-state index in [1.165, 1.54) is 5.69 Å². The van der Waals surface area contributed by atoms with E-state index in [0.29, 0.717) is 12.2 Å². The number of hydrogen-bond donors (Lipinski definition) is 2. The van der Waals surface area contributed by atoms with Gasteiger partial charge in [-0.3, -0.25) is 0 Å². The molecule has 0 spiro atoms. The fourth-order valence-corrected chi connectivity index (χ4v) is 1.54. The molecule has 84 valence electrons. The van der Waals surface area contributed by atoms with Crippen molar-refractivity contribution in [1.82, 2.24) is 19.5 Å². The second-order valence-corrected chi connectivity index (χ2v) is 3.56. The Kier molecular flexibility index (Phi) is 2.72. The van der Waals surface area contributed by atoms with Crippen molar-refractivity contribution in [2.45, 2.75) is 19.9 Å². The standard InChI is InChI=1S/C10H14N6/c1-7-3-2-5-16(7)6-4-8-13-9(11)15-10(12)14-8/h2-3,5H,4,6H2,1H3,(H4,11,12,13,14,15). The average Bonchev–Trinajstić information content (AvgIpc) is 2.59. The molecular weight excluding hydrogens is 204 g/mol. The molecular formula is C10H14N6. The van der Waals surface area contributed by atoms with E-state index in [2.05, 4.69) is 32.5 Å². The molecule has 0 amide bonds. The van der Waals surface area contributed by atoms with Gasteiger partial charge in [0.05, 0.1) is 0 Å². The smallest absolute Gasteiger partial charge is 0.225 e. The number of aromatic nitrogens is 4. The Morgan fingerprint density at radius 1 is 1.19 bits per heavy atom. The van der Waals surface area contributed by atoms with Crippen LogP contribution < -0.4 is 11.5 Å². The van der Waals surface area contributed by atoms with Gasteiger partial charge in [-0.05, 0) is 19.1 Å². The van der Waals surface area contributed by atoms with E-state index in [0.717, 1.165) is 6.54 Å². The first-order valence-corrected chi connectivity index (χ1v) is 5.03. The topological polar surface area (TPSA) is 95.6 Å². The minimum Gasteiger partial charge on any atom is -0.368 e. The molecule has 0 aliphatic rings. The van der Waals surface area contributed by atoms with Crippen molar-refractivity contribution < 1.29 is 0 Å². The van der Waals surface area contributed by atoms with Gasteiger partial charge < -0.3 is 16.0 Å². The van der Waals surface area contributed by atoms with Gasteiger partial charge in [0.2, 0.25) is 11.9 Å². The van der Waals surface area contributed by atoms with Gasteiger partial charge in [-0.2, -0.15) is 15.0 Å². The molecule has 0 bridgehead atoms. The first-order chi connectivity index (χ1) is 7.65. The lowest BCUT2D eigenvalue weighted by molar-refractivity contribution is 0.658. The second kappa shape index (κ2) is 4.18. The van der Waals surface area contributed by atoms with Crippen LogP contribution in [0.1, 0.15) is 11.5 Å². The highest BCUT2D eigenvalue weighted by Gasteiger charge is 2.02. The number of rotatable bonds is 3. The van der Waals surface area contributed by atoms with E-state index in [4.69, 9.17) is 11.5 Å². The minimum atomic E-state index is 0.173. The Balaban J connectivity index is 2.07. The van der Waals surface area contributed by atoms with Crippen molar-refractivity contribution in [3.63, 3.8) is 0 Å². The SMILES string of the molecule is Cc1cccn1CCc1nc(N)nc(N)n1. The Morgan fingerprint density at radius 3 is 2.44 bits per heavy atom. The maximum absolute atomic E-state index is 5.49. The molecule has 4 N–H and O–H groups in total. The zero-order chi connectivity index (χ0) is 11.5. The van der Waals surface area contributed by atoms with E-state index in [9.17, 15) is 0 Å². The van der Waals surface area contributed by atoms with Gasteiger partial charge in [0.15, 0.2) is 0 Å². The predicted octanol–water partition coefficient (Wildman–Crippen LogP) is 0.389. The molecule has 0 fully saturated rings. The molecule has 0 unspecified atom stereocenters. The summed E-state index contributed by atoms with van der Waals surface area (Å²) in [5.74, 6) is 0.969. The molecule has 2 aromatic rings. The highest BCUT2D eigenvalue weighted by atomic mass is 15.1. The van der Waals surface area contributed by atoms with Gasteiger partial charge in [0, 0.05) is 24.9 Å². The lowest BCUT2D eigenvalue weighted by atomic mass is 10.4. The zero-order valence-electron chi connectivity index (χ0n) is 9.09. The molecule has 0 aromatic carbocycles. The van der Waals surface area contributed by atoms with Crippen molar-refractivity contribution in [1.29, 1.82) is 0 Å². The molecule has 6 heteroatoms. The van der Waals surface area contributed by atoms with Crippen LogP contribution >= 0.6 is 0 Å². The monoisotopic (exact) mass is 218 g/mol. The van der Waals surface area contributed by atoms with Crippen LogP contribution in [0.15, 0.2) is 18.3 Å². The third-order valence-electron chi connectivity index (χ3n) is 2.35. The number of nitrogens with two attached hydrogens (primary N) is 2. The number of aryl methyl sites for hydroxylation is 3. The zero-order valence-corrected chi connectivity index (χ0v) is 9.09. The Bertz CT molecular complexity index is 470. The van der Waals surface area contributed by atoms with Gasteiger partial charge in [0.1, 0.15) is 5.82 Å². The van der Waals surface area contributed by atoms with E-state index >= 15 is 0 Å². The van der Waals surface area contributed by atoms with Gasteiger partial charge in [0.25, 0.3) is 0 Å². The molecule has 6 nitrogen and oxygen atoms in total. The molecule has 0 radical (unpaired) electrons. The maximum Gasteiger partial charge on any atom is 0.225 e. The third kappa shape index (κ3) is 2.28. The van der Waals surface area contributed by atoms with Crippen LogP contribution in [-0.4, -0.2) is 19.5 Å². The summed E-state index contributed by atoms with van der Waals surface area (Å²) in [5.41, 5.74) is 12.2. The molecule has 0 saturated carbocycles.